The van der Waals surface area contributed by atoms with E-state index >= 15 is 0 Å². The van der Waals surface area contributed by atoms with E-state index in [0.29, 0.717) is 11.6 Å². The van der Waals surface area contributed by atoms with Crippen molar-refractivity contribution in [3.8, 4) is 11.3 Å². The SMILES string of the molecule is CCCN(CC(=O)O)Cc1cn(C(C)(C)C)nc1-c1ccccc1Cl. The Hall–Kier alpha value is -1.85. The van der Waals surface area contributed by atoms with E-state index in [2.05, 4.69) is 20.8 Å². The maximum absolute atomic E-state index is 11.2. The van der Waals surface area contributed by atoms with Gasteiger partial charge in [-0.3, -0.25) is 14.4 Å². The summed E-state index contributed by atoms with van der Waals surface area (Å²) in [5.41, 5.74) is 2.50. The summed E-state index contributed by atoms with van der Waals surface area (Å²) < 4.78 is 1.92. The lowest BCUT2D eigenvalue weighted by Crippen LogP contribution is -2.30. The number of halogens is 1. The Morgan fingerprint density at radius 1 is 1.32 bits per heavy atom. The molecule has 6 heteroatoms. The van der Waals surface area contributed by atoms with Gasteiger partial charge in [0.1, 0.15) is 0 Å². The standard InChI is InChI=1S/C19H26ClN3O2/c1-5-10-22(13-17(24)25)11-14-12-23(19(2,3)4)21-18(14)15-8-6-7-9-16(15)20/h6-9,12H,5,10-11,13H2,1-4H3,(H,24,25). The van der Waals surface area contributed by atoms with Crippen LogP contribution in [0.15, 0.2) is 30.5 Å². The van der Waals surface area contributed by atoms with Crippen molar-refractivity contribution in [2.24, 2.45) is 0 Å². The molecule has 0 aliphatic heterocycles. The summed E-state index contributed by atoms with van der Waals surface area (Å²) in [6.45, 7) is 9.55. The molecule has 0 radical (unpaired) electrons. The lowest BCUT2D eigenvalue weighted by atomic mass is 10.1. The average Bonchev–Trinajstić information content (AvgIpc) is 2.91. The van der Waals surface area contributed by atoms with Crippen molar-refractivity contribution in [3.63, 3.8) is 0 Å². The third-order valence-electron chi connectivity index (χ3n) is 3.90. The van der Waals surface area contributed by atoms with Crippen molar-refractivity contribution in [3.05, 3.63) is 41.0 Å². The van der Waals surface area contributed by atoms with Gasteiger partial charge in [0.15, 0.2) is 0 Å². The summed E-state index contributed by atoms with van der Waals surface area (Å²) in [5.74, 6) is -0.823. The van der Waals surface area contributed by atoms with Crippen LogP contribution in [0.3, 0.4) is 0 Å². The molecule has 1 aromatic heterocycles. The first-order valence-electron chi connectivity index (χ1n) is 8.50. The molecule has 0 unspecified atom stereocenters. The van der Waals surface area contributed by atoms with Gasteiger partial charge in [-0.1, -0.05) is 36.7 Å². The van der Waals surface area contributed by atoms with Gasteiger partial charge in [0.25, 0.3) is 0 Å². The van der Waals surface area contributed by atoms with Crippen LogP contribution in [0.4, 0.5) is 0 Å². The van der Waals surface area contributed by atoms with Gasteiger partial charge >= 0.3 is 5.97 Å². The van der Waals surface area contributed by atoms with E-state index in [9.17, 15) is 4.79 Å². The Morgan fingerprint density at radius 3 is 2.56 bits per heavy atom. The molecule has 0 aliphatic carbocycles. The van der Waals surface area contributed by atoms with E-state index in [1.807, 2.05) is 47.0 Å². The number of aromatic nitrogens is 2. The highest BCUT2D eigenvalue weighted by Gasteiger charge is 2.22. The summed E-state index contributed by atoms with van der Waals surface area (Å²) in [5, 5.41) is 14.6. The molecule has 2 rings (SSSR count). The highest BCUT2D eigenvalue weighted by Crippen LogP contribution is 2.31. The van der Waals surface area contributed by atoms with E-state index in [4.69, 9.17) is 21.8 Å². The van der Waals surface area contributed by atoms with Crippen molar-refractivity contribution >= 4 is 17.6 Å². The zero-order valence-corrected chi connectivity index (χ0v) is 16.0. The Bertz CT molecular complexity index is 735. The molecule has 0 aliphatic rings. The summed E-state index contributed by atoms with van der Waals surface area (Å²) in [7, 11) is 0. The lowest BCUT2D eigenvalue weighted by molar-refractivity contribution is -0.138. The molecule has 1 N–H and O–H groups in total. The fourth-order valence-corrected chi connectivity index (χ4v) is 2.94. The fourth-order valence-electron chi connectivity index (χ4n) is 2.71. The van der Waals surface area contributed by atoms with Crippen molar-refractivity contribution in [1.29, 1.82) is 0 Å². The van der Waals surface area contributed by atoms with E-state index in [0.717, 1.165) is 29.8 Å². The van der Waals surface area contributed by atoms with Crippen LogP contribution in [0.5, 0.6) is 0 Å². The molecule has 5 nitrogen and oxygen atoms in total. The zero-order chi connectivity index (χ0) is 18.6. The maximum Gasteiger partial charge on any atom is 0.317 e. The number of carboxylic acids is 1. The monoisotopic (exact) mass is 363 g/mol. The van der Waals surface area contributed by atoms with Crippen LogP contribution in [0.2, 0.25) is 5.02 Å². The summed E-state index contributed by atoms with van der Waals surface area (Å²) in [4.78, 5) is 13.1. The summed E-state index contributed by atoms with van der Waals surface area (Å²) in [6, 6.07) is 7.61. The molecular formula is C19H26ClN3O2. The summed E-state index contributed by atoms with van der Waals surface area (Å²) >= 11 is 6.38. The third kappa shape index (κ3) is 5.06. The Morgan fingerprint density at radius 2 is 2.00 bits per heavy atom. The normalized spacial score (nSPS) is 11.9. The second kappa shape index (κ2) is 8.02. The molecule has 0 amide bonds. The topological polar surface area (TPSA) is 58.4 Å². The van der Waals surface area contributed by atoms with Gasteiger partial charge in [-0.2, -0.15) is 5.10 Å². The van der Waals surface area contributed by atoms with E-state index < -0.39 is 5.97 Å². The molecule has 1 heterocycles. The van der Waals surface area contributed by atoms with Crippen LogP contribution >= 0.6 is 11.6 Å². The number of rotatable bonds is 7. The van der Waals surface area contributed by atoms with Crippen LogP contribution in [0, 0.1) is 0 Å². The van der Waals surface area contributed by atoms with E-state index in [1.54, 1.807) is 0 Å². The second-order valence-corrected chi connectivity index (χ2v) is 7.61. The van der Waals surface area contributed by atoms with Crippen molar-refractivity contribution in [2.45, 2.75) is 46.2 Å². The van der Waals surface area contributed by atoms with Gasteiger partial charge < -0.3 is 5.11 Å². The van der Waals surface area contributed by atoms with Crippen molar-refractivity contribution in [2.75, 3.05) is 13.1 Å². The summed E-state index contributed by atoms with van der Waals surface area (Å²) in [6.07, 6.45) is 2.89. The number of hydrogen-bond acceptors (Lipinski definition) is 3. The smallest absolute Gasteiger partial charge is 0.317 e. The molecule has 0 saturated heterocycles. The Balaban J connectivity index is 2.46. The first-order valence-corrected chi connectivity index (χ1v) is 8.88. The lowest BCUT2D eigenvalue weighted by Gasteiger charge is -2.20. The van der Waals surface area contributed by atoms with Gasteiger partial charge in [-0.05, 0) is 39.8 Å². The quantitative estimate of drug-likeness (QED) is 0.798. The van der Waals surface area contributed by atoms with Crippen molar-refractivity contribution < 1.29 is 9.90 Å². The van der Waals surface area contributed by atoms with E-state index in [-0.39, 0.29) is 12.1 Å². The molecule has 0 saturated carbocycles. The van der Waals surface area contributed by atoms with Crippen LogP contribution < -0.4 is 0 Å². The predicted octanol–water partition coefficient (Wildman–Crippen LogP) is 4.26. The molecule has 2 aromatic rings. The number of aliphatic carboxylic acids is 1. The molecule has 0 spiro atoms. The maximum atomic E-state index is 11.2. The fraction of sp³-hybridized carbons (Fsp3) is 0.474. The molecule has 0 fully saturated rings. The number of carboxylic acid groups (broad SMARTS) is 1. The Kier molecular flexibility index (Phi) is 6.25. The average molecular weight is 364 g/mol. The van der Waals surface area contributed by atoms with Crippen LogP contribution in [0.25, 0.3) is 11.3 Å². The largest absolute Gasteiger partial charge is 0.480 e. The van der Waals surface area contributed by atoms with Gasteiger partial charge in [0, 0.05) is 23.9 Å². The highest BCUT2D eigenvalue weighted by molar-refractivity contribution is 6.33. The minimum absolute atomic E-state index is 0.0104. The molecule has 0 bridgehead atoms. The molecular weight excluding hydrogens is 338 g/mol. The molecule has 25 heavy (non-hydrogen) atoms. The zero-order valence-electron chi connectivity index (χ0n) is 15.3. The minimum Gasteiger partial charge on any atom is -0.480 e. The minimum atomic E-state index is -0.823. The van der Waals surface area contributed by atoms with Gasteiger partial charge in [-0.15, -0.1) is 0 Å². The Labute approximate surface area is 154 Å². The highest BCUT2D eigenvalue weighted by atomic mass is 35.5. The molecule has 0 atom stereocenters. The van der Waals surface area contributed by atoms with Crippen molar-refractivity contribution in [1.82, 2.24) is 14.7 Å². The first-order chi connectivity index (χ1) is 11.7. The van der Waals surface area contributed by atoms with Gasteiger partial charge in [-0.25, -0.2) is 0 Å². The third-order valence-corrected chi connectivity index (χ3v) is 4.23. The van der Waals surface area contributed by atoms with Gasteiger partial charge in [0.05, 0.1) is 22.8 Å². The van der Waals surface area contributed by atoms with Crippen LogP contribution in [0.1, 0.15) is 39.7 Å². The first kappa shape index (κ1) is 19.5. The number of benzene rings is 1. The van der Waals surface area contributed by atoms with Gasteiger partial charge in [0.2, 0.25) is 0 Å². The van der Waals surface area contributed by atoms with E-state index in [1.165, 1.54) is 0 Å². The number of hydrogen-bond donors (Lipinski definition) is 1. The predicted molar refractivity (Wildman–Crippen MR) is 101 cm³/mol. The van der Waals surface area contributed by atoms with Crippen LogP contribution in [-0.2, 0) is 16.9 Å². The van der Waals surface area contributed by atoms with Crippen LogP contribution in [-0.4, -0.2) is 38.8 Å². The number of carbonyl (C=O) groups is 1. The molecule has 136 valence electrons. The molecule has 1 aromatic carbocycles. The number of nitrogens with zero attached hydrogens (tertiary/aromatic N) is 3. The second-order valence-electron chi connectivity index (χ2n) is 7.20.